The summed E-state index contributed by atoms with van der Waals surface area (Å²) in [6.07, 6.45) is 2.86. The third kappa shape index (κ3) is 4.62. The Hall–Kier alpha value is -1.39. The van der Waals surface area contributed by atoms with Crippen LogP contribution in [-0.2, 0) is 22.7 Å². The first kappa shape index (κ1) is 15.0. The van der Waals surface area contributed by atoms with Gasteiger partial charge in [0.25, 0.3) is 0 Å². The van der Waals surface area contributed by atoms with Gasteiger partial charge >= 0.3 is 0 Å². The molecule has 1 fully saturated rings. The van der Waals surface area contributed by atoms with E-state index in [0.29, 0.717) is 32.2 Å². The van der Waals surface area contributed by atoms with E-state index in [-0.39, 0.29) is 5.91 Å². The Morgan fingerprint density at radius 2 is 2.20 bits per heavy atom. The number of nitrogens with one attached hydrogen (secondary N) is 2. The maximum atomic E-state index is 11.9. The fourth-order valence-electron chi connectivity index (χ4n) is 2.50. The molecule has 0 aromatic heterocycles. The van der Waals surface area contributed by atoms with Gasteiger partial charge < -0.3 is 15.4 Å². The SMILES string of the molecule is CCOCc1ccccc1CNC(=O)CC1CCCN1. The minimum absolute atomic E-state index is 0.121. The number of benzene rings is 1. The van der Waals surface area contributed by atoms with E-state index < -0.39 is 0 Å². The zero-order valence-corrected chi connectivity index (χ0v) is 12.2. The van der Waals surface area contributed by atoms with Gasteiger partial charge in [0.2, 0.25) is 5.91 Å². The van der Waals surface area contributed by atoms with Crippen LogP contribution in [0.2, 0.25) is 0 Å². The van der Waals surface area contributed by atoms with Crippen molar-refractivity contribution in [1.82, 2.24) is 10.6 Å². The molecular formula is C16H24N2O2. The number of hydrogen-bond donors (Lipinski definition) is 2. The minimum atomic E-state index is 0.121. The van der Waals surface area contributed by atoms with E-state index in [1.54, 1.807) is 0 Å². The maximum Gasteiger partial charge on any atom is 0.221 e. The predicted molar refractivity (Wildman–Crippen MR) is 79.3 cm³/mol. The lowest BCUT2D eigenvalue weighted by molar-refractivity contribution is -0.121. The molecule has 1 unspecified atom stereocenters. The number of carbonyl (C=O) groups is 1. The Morgan fingerprint density at radius 3 is 2.90 bits per heavy atom. The van der Waals surface area contributed by atoms with Crippen LogP contribution in [0.3, 0.4) is 0 Å². The molecule has 2 N–H and O–H groups in total. The molecule has 1 aromatic carbocycles. The molecule has 1 aliphatic rings. The Labute approximate surface area is 120 Å². The lowest BCUT2D eigenvalue weighted by atomic mass is 10.1. The predicted octanol–water partition coefficient (Wildman–Crippen LogP) is 1.98. The second kappa shape index (κ2) is 8.02. The monoisotopic (exact) mass is 276 g/mol. The summed E-state index contributed by atoms with van der Waals surface area (Å²) in [5, 5.41) is 6.35. The van der Waals surface area contributed by atoms with E-state index in [4.69, 9.17) is 4.74 Å². The van der Waals surface area contributed by atoms with Crippen LogP contribution in [0.15, 0.2) is 24.3 Å². The van der Waals surface area contributed by atoms with Crippen molar-refractivity contribution in [3.8, 4) is 0 Å². The van der Waals surface area contributed by atoms with Crippen molar-refractivity contribution in [1.29, 1.82) is 0 Å². The van der Waals surface area contributed by atoms with E-state index in [9.17, 15) is 4.79 Å². The van der Waals surface area contributed by atoms with Gasteiger partial charge in [-0.1, -0.05) is 24.3 Å². The van der Waals surface area contributed by atoms with Crippen LogP contribution < -0.4 is 10.6 Å². The van der Waals surface area contributed by atoms with E-state index >= 15 is 0 Å². The first-order chi connectivity index (χ1) is 9.79. The van der Waals surface area contributed by atoms with Crippen LogP contribution in [0.25, 0.3) is 0 Å². The summed E-state index contributed by atoms with van der Waals surface area (Å²) in [4.78, 5) is 11.9. The molecule has 1 aliphatic heterocycles. The highest BCUT2D eigenvalue weighted by Crippen LogP contribution is 2.11. The molecule has 1 atom stereocenters. The Kier molecular flexibility index (Phi) is 6.02. The molecule has 0 radical (unpaired) electrons. The van der Waals surface area contributed by atoms with Crippen LogP contribution >= 0.6 is 0 Å². The van der Waals surface area contributed by atoms with Crippen LogP contribution in [0.1, 0.15) is 37.3 Å². The van der Waals surface area contributed by atoms with E-state index in [1.807, 2.05) is 25.1 Å². The first-order valence-corrected chi connectivity index (χ1v) is 7.44. The van der Waals surface area contributed by atoms with Crippen LogP contribution in [0.5, 0.6) is 0 Å². The van der Waals surface area contributed by atoms with Gasteiger partial charge in [0.15, 0.2) is 0 Å². The van der Waals surface area contributed by atoms with Crippen molar-refractivity contribution in [2.45, 2.75) is 45.4 Å². The summed E-state index contributed by atoms with van der Waals surface area (Å²) < 4.78 is 5.45. The summed E-state index contributed by atoms with van der Waals surface area (Å²) >= 11 is 0. The van der Waals surface area contributed by atoms with Crippen molar-refractivity contribution in [3.05, 3.63) is 35.4 Å². The van der Waals surface area contributed by atoms with Gasteiger partial charge in [-0.2, -0.15) is 0 Å². The highest BCUT2D eigenvalue weighted by molar-refractivity contribution is 5.76. The molecule has 0 aliphatic carbocycles. The molecule has 1 saturated heterocycles. The lowest BCUT2D eigenvalue weighted by Crippen LogP contribution is -2.31. The third-order valence-corrected chi connectivity index (χ3v) is 3.65. The molecule has 0 saturated carbocycles. The molecule has 1 aromatic rings. The molecule has 20 heavy (non-hydrogen) atoms. The molecular weight excluding hydrogens is 252 g/mol. The molecule has 4 nitrogen and oxygen atoms in total. The zero-order chi connectivity index (χ0) is 14.2. The molecule has 1 heterocycles. The third-order valence-electron chi connectivity index (χ3n) is 3.65. The minimum Gasteiger partial charge on any atom is -0.377 e. The van der Waals surface area contributed by atoms with E-state index in [1.165, 1.54) is 6.42 Å². The number of ether oxygens (including phenoxy) is 1. The molecule has 0 spiro atoms. The summed E-state index contributed by atoms with van der Waals surface area (Å²) in [5.74, 6) is 0.121. The lowest BCUT2D eigenvalue weighted by Gasteiger charge is -2.13. The zero-order valence-electron chi connectivity index (χ0n) is 12.2. The maximum absolute atomic E-state index is 11.9. The second-order valence-electron chi connectivity index (χ2n) is 5.18. The number of hydrogen-bond acceptors (Lipinski definition) is 3. The fraction of sp³-hybridized carbons (Fsp3) is 0.562. The van der Waals surface area contributed by atoms with Gasteiger partial charge in [-0.3, -0.25) is 4.79 Å². The fourth-order valence-corrected chi connectivity index (χ4v) is 2.50. The van der Waals surface area contributed by atoms with Gasteiger partial charge in [-0.15, -0.1) is 0 Å². The van der Waals surface area contributed by atoms with Gasteiger partial charge in [0.05, 0.1) is 6.61 Å². The Balaban J connectivity index is 1.81. The van der Waals surface area contributed by atoms with Crippen molar-refractivity contribution in [2.75, 3.05) is 13.2 Å². The Morgan fingerprint density at radius 1 is 1.40 bits per heavy atom. The average Bonchev–Trinajstić information content (AvgIpc) is 2.96. The van der Waals surface area contributed by atoms with Crippen molar-refractivity contribution in [2.24, 2.45) is 0 Å². The van der Waals surface area contributed by atoms with Gasteiger partial charge in [0.1, 0.15) is 0 Å². The van der Waals surface area contributed by atoms with E-state index in [2.05, 4.69) is 16.7 Å². The van der Waals surface area contributed by atoms with Gasteiger partial charge in [-0.25, -0.2) is 0 Å². The summed E-state index contributed by atoms with van der Waals surface area (Å²) in [6.45, 7) is 4.91. The van der Waals surface area contributed by atoms with Crippen molar-refractivity contribution in [3.63, 3.8) is 0 Å². The smallest absolute Gasteiger partial charge is 0.221 e. The summed E-state index contributed by atoms with van der Waals surface area (Å²) in [6, 6.07) is 8.45. The van der Waals surface area contributed by atoms with Crippen LogP contribution in [-0.4, -0.2) is 25.1 Å². The normalized spacial score (nSPS) is 18.1. The van der Waals surface area contributed by atoms with Crippen LogP contribution in [0, 0.1) is 0 Å². The van der Waals surface area contributed by atoms with Gasteiger partial charge in [0, 0.05) is 25.6 Å². The number of amides is 1. The quantitative estimate of drug-likeness (QED) is 0.800. The highest BCUT2D eigenvalue weighted by Gasteiger charge is 2.17. The standard InChI is InChI=1S/C16H24N2O2/c1-2-20-12-14-7-4-3-6-13(14)11-18-16(19)10-15-8-5-9-17-15/h3-4,6-7,15,17H,2,5,8-12H2,1H3,(H,18,19). The van der Waals surface area contributed by atoms with Gasteiger partial charge in [-0.05, 0) is 37.4 Å². The van der Waals surface area contributed by atoms with Crippen molar-refractivity contribution < 1.29 is 9.53 Å². The summed E-state index contributed by atoms with van der Waals surface area (Å²) in [7, 11) is 0. The molecule has 2 rings (SSSR count). The molecule has 4 heteroatoms. The van der Waals surface area contributed by atoms with E-state index in [0.717, 1.165) is 24.1 Å². The summed E-state index contributed by atoms with van der Waals surface area (Å²) in [5.41, 5.74) is 2.28. The largest absolute Gasteiger partial charge is 0.377 e. The molecule has 0 bridgehead atoms. The molecule has 1 amide bonds. The highest BCUT2D eigenvalue weighted by atomic mass is 16.5. The molecule has 110 valence electrons. The van der Waals surface area contributed by atoms with Crippen molar-refractivity contribution >= 4 is 5.91 Å². The number of carbonyl (C=O) groups excluding carboxylic acids is 1. The first-order valence-electron chi connectivity index (χ1n) is 7.44. The topological polar surface area (TPSA) is 50.4 Å². The Bertz CT molecular complexity index is 428. The average molecular weight is 276 g/mol. The number of rotatable bonds is 7. The van der Waals surface area contributed by atoms with Crippen LogP contribution in [0.4, 0.5) is 0 Å². The second-order valence-corrected chi connectivity index (χ2v) is 5.18.